The monoisotopic (exact) mass is 412 g/mol. The summed E-state index contributed by atoms with van der Waals surface area (Å²) in [5.74, 6) is 1.39. The average molecular weight is 413 g/mol. The van der Waals surface area contributed by atoms with Crippen molar-refractivity contribution >= 4 is 5.78 Å². The fourth-order valence-electron chi connectivity index (χ4n) is 6.51. The van der Waals surface area contributed by atoms with Gasteiger partial charge in [0.25, 0.3) is 0 Å². The Morgan fingerprint density at radius 2 is 2.10 bits per heavy atom. The lowest BCUT2D eigenvalue weighted by molar-refractivity contribution is -0.188. The molecule has 4 atom stereocenters. The van der Waals surface area contributed by atoms with Gasteiger partial charge in [-0.15, -0.1) is 0 Å². The number of ether oxygens (including phenoxy) is 1. The SMILES string of the molecule is O=C1CC[C@@]2(O)[C@H]3Cc4ccc(O)c5c4[C@@]2(CCN3CC2CC2)[C@H]1O5.[CH2]CCCC. The summed E-state index contributed by atoms with van der Waals surface area (Å²) in [6.45, 7) is 7.80. The molecule has 2 heterocycles. The number of rotatable bonds is 4. The average Bonchev–Trinajstić information content (AvgIpc) is 3.46. The molecule has 2 aliphatic heterocycles. The van der Waals surface area contributed by atoms with Gasteiger partial charge in [0.2, 0.25) is 0 Å². The minimum absolute atomic E-state index is 0.0454. The second-order valence-electron chi connectivity index (χ2n) is 9.92. The van der Waals surface area contributed by atoms with Gasteiger partial charge in [0.1, 0.15) is 0 Å². The largest absolute Gasteiger partial charge is 0.504 e. The van der Waals surface area contributed by atoms with Crippen LogP contribution in [0, 0.1) is 12.8 Å². The van der Waals surface area contributed by atoms with Crippen molar-refractivity contribution in [3.63, 3.8) is 0 Å². The number of ketones is 1. The molecule has 2 saturated carbocycles. The van der Waals surface area contributed by atoms with E-state index in [2.05, 4.69) is 18.7 Å². The Hall–Kier alpha value is -1.59. The lowest BCUT2D eigenvalue weighted by atomic mass is 9.49. The van der Waals surface area contributed by atoms with E-state index in [-0.39, 0.29) is 17.6 Å². The minimum Gasteiger partial charge on any atom is -0.504 e. The minimum atomic E-state index is -0.940. The van der Waals surface area contributed by atoms with Crippen LogP contribution in [0.15, 0.2) is 12.1 Å². The first kappa shape index (κ1) is 20.3. The van der Waals surface area contributed by atoms with Crippen molar-refractivity contribution < 1.29 is 19.7 Å². The van der Waals surface area contributed by atoms with E-state index in [4.69, 9.17) is 4.74 Å². The van der Waals surface area contributed by atoms with Crippen LogP contribution < -0.4 is 4.74 Å². The summed E-state index contributed by atoms with van der Waals surface area (Å²) in [5, 5.41) is 22.3. The summed E-state index contributed by atoms with van der Waals surface area (Å²) in [6, 6.07) is 3.69. The number of benzene rings is 1. The Morgan fingerprint density at radius 3 is 2.77 bits per heavy atom. The standard InChI is InChI=1S/C20H23NO4.C5H11/c22-13-4-3-12-9-15-20(24)6-5-14(23)18-19(20,16(12)17(13)25-18)7-8-21(15)10-11-1-2-11;1-3-5-4-2/h3-4,11,15,18,22,24H,1-2,5-10H2;1,3-5H2,2H3/t15-,18+,19+,20-;/m1./s1. The summed E-state index contributed by atoms with van der Waals surface area (Å²) in [7, 11) is 0. The molecule has 1 radical (unpaired) electrons. The maximum Gasteiger partial charge on any atom is 0.174 e. The highest BCUT2D eigenvalue weighted by Gasteiger charge is 2.73. The van der Waals surface area contributed by atoms with Crippen LogP contribution in [0.2, 0.25) is 0 Å². The molecule has 3 aliphatic carbocycles. The van der Waals surface area contributed by atoms with Crippen molar-refractivity contribution in [3.8, 4) is 11.5 Å². The Morgan fingerprint density at radius 1 is 1.30 bits per heavy atom. The van der Waals surface area contributed by atoms with Gasteiger partial charge in [0.05, 0.1) is 11.0 Å². The topological polar surface area (TPSA) is 70.0 Å². The van der Waals surface area contributed by atoms with Crippen LogP contribution in [-0.4, -0.2) is 51.7 Å². The molecule has 1 aromatic rings. The number of hydrogen-bond donors (Lipinski definition) is 2. The number of carbonyl (C=O) groups is 1. The van der Waals surface area contributed by atoms with E-state index in [0.717, 1.165) is 49.4 Å². The highest BCUT2D eigenvalue weighted by molar-refractivity contribution is 5.90. The second kappa shape index (κ2) is 7.23. The van der Waals surface area contributed by atoms with Crippen LogP contribution in [-0.2, 0) is 16.6 Å². The quantitative estimate of drug-likeness (QED) is 0.792. The second-order valence-corrected chi connectivity index (χ2v) is 9.92. The Labute approximate surface area is 179 Å². The Bertz CT molecular complexity index is 848. The number of likely N-dealkylation sites (tertiary alicyclic amines) is 1. The molecule has 0 unspecified atom stereocenters. The maximum absolute atomic E-state index is 12.7. The first-order valence-electron chi connectivity index (χ1n) is 11.8. The first-order chi connectivity index (χ1) is 14.5. The number of Topliss-reactive ketones (excluding diaryl/α,β-unsaturated/α-hetero) is 1. The van der Waals surface area contributed by atoms with Gasteiger partial charge in [-0.25, -0.2) is 0 Å². The third-order valence-corrected chi connectivity index (χ3v) is 8.16. The van der Waals surface area contributed by atoms with E-state index in [9.17, 15) is 15.0 Å². The van der Waals surface area contributed by atoms with Crippen molar-refractivity contribution in [1.82, 2.24) is 4.90 Å². The predicted octanol–water partition coefficient (Wildman–Crippen LogP) is 3.54. The Balaban J connectivity index is 0.000000349. The van der Waals surface area contributed by atoms with E-state index in [1.807, 2.05) is 6.07 Å². The molecule has 0 aromatic heterocycles. The summed E-state index contributed by atoms with van der Waals surface area (Å²) >= 11 is 0. The molecule has 2 bridgehead atoms. The Kier molecular flexibility index (Phi) is 4.90. The number of phenolic OH excluding ortho intramolecular Hbond substituents is 1. The number of aliphatic hydroxyl groups is 1. The van der Waals surface area contributed by atoms with Crippen molar-refractivity contribution in [2.45, 2.75) is 87.9 Å². The summed E-state index contributed by atoms with van der Waals surface area (Å²) < 4.78 is 6.04. The molecule has 6 rings (SSSR count). The highest BCUT2D eigenvalue weighted by Crippen LogP contribution is 2.64. The number of carbonyl (C=O) groups excluding carboxylic acids is 1. The highest BCUT2D eigenvalue weighted by atomic mass is 16.5. The van der Waals surface area contributed by atoms with Crippen LogP contribution in [0.1, 0.15) is 69.4 Å². The molecule has 5 aliphatic rings. The summed E-state index contributed by atoms with van der Waals surface area (Å²) in [5.41, 5.74) is 0.454. The number of nitrogens with zero attached hydrogens (tertiary/aromatic N) is 1. The molecular weight excluding hydrogens is 378 g/mol. The van der Waals surface area contributed by atoms with E-state index in [1.54, 1.807) is 6.07 Å². The maximum atomic E-state index is 12.7. The van der Waals surface area contributed by atoms with Crippen molar-refractivity contribution in [2.75, 3.05) is 13.1 Å². The third-order valence-electron chi connectivity index (χ3n) is 8.16. The molecule has 163 valence electrons. The molecule has 1 spiro atoms. The molecule has 1 saturated heterocycles. The first-order valence-corrected chi connectivity index (χ1v) is 11.8. The molecule has 1 aromatic carbocycles. The third kappa shape index (κ3) is 2.70. The lowest BCUT2D eigenvalue weighted by Crippen LogP contribution is -2.76. The number of piperidine rings is 1. The summed E-state index contributed by atoms with van der Waals surface area (Å²) in [6.07, 6.45) is 7.98. The fourth-order valence-corrected chi connectivity index (χ4v) is 6.51. The molecule has 3 fully saturated rings. The van der Waals surface area contributed by atoms with Crippen LogP contribution in [0.4, 0.5) is 0 Å². The molecular formula is C25H34NO4. The van der Waals surface area contributed by atoms with Crippen molar-refractivity contribution in [3.05, 3.63) is 30.2 Å². The van der Waals surface area contributed by atoms with Gasteiger partial charge in [-0.05, 0) is 56.2 Å². The van der Waals surface area contributed by atoms with Gasteiger partial charge in [-0.3, -0.25) is 9.69 Å². The van der Waals surface area contributed by atoms with Gasteiger partial charge in [-0.1, -0.05) is 39.2 Å². The van der Waals surface area contributed by atoms with Crippen LogP contribution in [0.3, 0.4) is 0 Å². The number of aromatic hydroxyl groups is 1. The van der Waals surface area contributed by atoms with Crippen molar-refractivity contribution in [1.29, 1.82) is 0 Å². The van der Waals surface area contributed by atoms with Crippen molar-refractivity contribution in [2.24, 2.45) is 5.92 Å². The van der Waals surface area contributed by atoms with Crippen LogP contribution in [0.5, 0.6) is 11.5 Å². The number of hydrogen-bond acceptors (Lipinski definition) is 5. The zero-order chi connectivity index (χ0) is 21.1. The molecule has 0 amide bonds. The van der Waals surface area contributed by atoms with Gasteiger partial charge in [-0.2, -0.15) is 0 Å². The van der Waals surface area contributed by atoms with Crippen LogP contribution in [0.25, 0.3) is 0 Å². The molecule has 2 N–H and O–H groups in total. The normalized spacial score (nSPS) is 35.9. The molecule has 5 heteroatoms. The predicted molar refractivity (Wildman–Crippen MR) is 115 cm³/mol. The van der Waals surface area contributed by atoms with E-state index < -0.39 is 17.1 Å². The smallest absolute Gasteiger partial charge is 0.174 e. The number of phenols is 1. The summed E-state index contributed by atoms with van der Waals surface area (Å²) in [4.78, 5) is 15.2. The zero-order valence-electron chi connectivity index (χ0n) is 18.0. The van der Waals surface area contributed by atoms with E-state index >= 15 is 0 Å². The fraction of sp³-hybridized carbons (Fsp3) is 0.680. The molecule has 5 nitrogen and oxygen atoms in total. The van der Waals surface area contributed by atoms with E-state index in [0.29, 0.717) is 18.6 Å². The van der Waals surface area contributed by atoms with Gasteiger partial charge in [0.15, 0.2) is 23.4 Å². The number of unbranched alkanes of at least 4 members (excludes halogenated alkanes) is 2. The lowest BCUT2D eigenvalue weighted by Gasteiger charge is -2.62. The van der Waals surface area contributed by atoms with Crippen LogP contribution >= 0.6 is 0 Å². The van der Waals surface area contributed by atoms with Gasteiger partial charge < -0.3 is 14.9 Å². The van der Waals surface area contributed by atoms with Gasteiger partial charge >= 0.3 is 0 Å². The van der Waals surface area contributed by atoms with Gasteiger partial charge in [0, 0.05) is 24.6 Å². The molecule has 30 heavy (non-hydrogen) atoms. The zero-order valence-corrected chi connectivity index (χ0v) is 18.0. The van der Waals surface area contributed by atoms with E-state index in [1.165, 1.54) is 25.7 Å².